The summed E-state index contributed by atoms with van der Waals surface area (Å²) >= 11 is 0. The maximum Gasteiger partial charge on any atom is 0.241 e. The fourth-order valence-electron chi connectivity index (χ4n) is 3.94. The second-order valence-corrected chi connectivity index (χ2v) is 9.59. The zero-order valence-electron chi connectivity index (χ0n) is 17.8. The van der Waals surface area contributed by atoms with Crippen molar-refractivity contribution in [2.45, 2.75) is 23.4 Å². The first-order valence-corrected chi connectivity index (χ1v) is 11.9. The summed E-state index contributed by atoms with van der Waals surface area (Å²) in [6.45, 7) is 1.92. The Morgan fingerprint density at radius 3 is 1.59 bits per heavy atom. The summed E-state index contributed by atoms with van der Waals surface area (Å²) in [6, 6.07) is 34.8. The van der Waals surface area contributed by atoms with Crippen molar-refractivity contribution in [3.8, 4) is 0 Å². The van der Waals surface area contributed by atoms with Crippen LogP contribution in [0.1, 0.15) is 28.3 Å². The van der Waals surface area contributed by atoms with Crippen molar-refractivity contribution in [3.05, 3.63) is 138 Å². The van der Waals surface area contributed by atoms with Gasteiger partial charge in [0.15, 0.2) is 0 Å². The molecule has 0 aliphatic heterocycles. The van der Waals surface area contributed by atoms with Crippen LogP contribution in [0.25, 0.3) is 0 Å². The van der Waals surface area contributed by atoms with Crippen molar-refractivity contribution < 1.29 is 8.42 Å². The maximum atomic E-state index is 13.5. The minimum atomic E-state index is -3.85. The van der Waals surface area contributed by atoms with Crippen LogP contribution in [0.3, 0.4) is 0 Å². The third-order valence-electron chi connectivity index (χ3n) is 5.70. The summed E-state index contributed by atoms with van der Waals surface area (Å²) in [5, 5.41) is 0. The molecule has 1 atom stereocenters. The van der Waals surface area contributed by atoms with Crippen LogP contribution >= 0.6 is 0 Å². The summed E-state index contributed by atoms with van der Waals surface area (Å²) in [7, 11) is -3.85. The van der Waals surface area contributed by atoms with Gasteiger partial charge in [0.05, 0.1) is 16.5 Å². The third kappa shape index (κ3) is 4.36. The fraction of sp³-hybridized carbons (Fsp3) is 0.111. The Bertz CT molecular complexity index is 1220. The highest BCUT2D eigenvalue weighted by Crippen LogP contribution is 2.39. The smallest absolute Gasteiger partial charge is 0.241 e. The van der Waals surface area contributed by atoms with Gasteiger partial charge in [-0.05, 0) is 35.7 Å². The number of aryl methyl sites for hydroxylation is 1. The molecule has 0 heterocycles. The number of hydrogen-bond acceptors (Lipinski definition) is 3. The van der Waals surface area contributed by atoms with E-state index in [0.29, 0.717) is 0 Å². The van der Waals surface area contributed by atoms with Crippen LogP contribution in [-0.2, 0) is 15.6 Å². The SMILES string of the molecule is Cc1ccc(S(=O)(=O)N[C@@H](c2ccccc2)C(N)(c2ccccc2)c2ccccc2)cc1. The van der Waals surface area contributed by atoms with Gasteiger partial charge in [-0.3, -0.25) is 0 Å². The monoisotopic (exact) mass is 442 g/mol. The molecule has 0 aromatic heterocycles. The van der Waals surface area contributed by atoms with E-state index in [2.05, 4.69) is 4.72 Å². The van der Waals surface area contributed by atoms with Crippen molar-refractivity contribution in [2.24, 2.45) is 5.73 Å². The number of hydrogen-bond donors (Lipinski definition) is 2. The van der Waals surface area contributed by atoms with Crippen molar-refractivity contribution in [2.75, 3.05) is 0 Å². The number of benzene rings is 4. The van der Waals surface area contributed by atoms with E-state index in [-0.39, 0.29) is 4.90 Å². The molecule has 0 spiro atoms. The van der Waals surface area contributed by atoms with E-state index in [1.165, 1.54) is 0 Å². The molecule has 4 nitrogen and oxygen atoms in total. The highest BCUT2D eigenvalue weighted by atomic mass is 32.2. The Morgan fingerprint density at radius 2 is 1.12 bits per heavy atom. The first kappa shape index (κ1) is 22.0. The molecule has 0 saturated heterocycles. The van der Waals surface area contributed by atoms with E-state index in [4.69, 9.17) is 5.73 Å². The van der Waals surface area contributed by atoms with Crippen LogP contribution in [0.5, 0.6) is 0 Å². The van der Waals surface area contributed by atoms with Gasteiger partial charge in [-0.25, -0.2) is 13.1 Å². The molecular weight excluding hydrogens is 416 g/mol. The molecule has 0 aliphatic rings. The normalized spacial score (nSPS) is 12.9. The van der Waals surface area contributed by atoms with Gasteiger partial charge in [-0.1, -0.05) is 109 Å². The second-order valence-electron chi connectivity index (χ2n) is 7.88. The van der Waals surface area contributed by atoms with Gasteiger partial charge < -0.3 is 5.73 Å². The molecule has 5 heteroatoms. The predicted octanol–water partition coefficient (Wildman–Crippen LogP) is 4.92. The molecule has 4 aromatic rings. The van der Waals surface area contributed by atoms with Crippen LogP contribution in [0.15, 0.2) is 120 Å². The quantitative estimate of drug-likeness (QED) is 0.427. The highest BCUT2D eigenvalue weighted by Gasteiger charge is 2.41. The van der Waals surface area contributed by atoms with Gasteiger partial charge in [-0.15, -0.1) is 0 Å². The summed E-state index contributed by atoms with van der Waals surface area (Å²) in [6.07, 6.45) is 0. The van der Waals surface area contributed by atoms with E-state index in [0.717, 1.165) is 22.3 Å². The molecule has 0 radical (unpaired) electrons. The van der Waals surface area contributed by atoms with Crippen LogP contribution in [0.4, 0.5) is 0 Å². The van der Waals surface area contributed by atoms with Crippen molar-refractivity contribution in [3.63, 3.8) is 0 Å². The van der Waals surface area contributed by atoms with Gasteiger partial charge in [0.2, 0.25) is 10.0 Å². The molecule has 0 aliphatic carbocycles. The molecule has 162 valence electrons. The molecule has 0 saturated carbocycles. The average Bonchev–Trinajstić information content (AvgIpc) is 2.84. The van der Waals surface area contributed by atoms with Gasteiger partial charge >= 0.3 is 0 Å². The third-order valence-corrected chi connectivity index (χ3v) is 7.13. The second kappa shape index (κ2) is 9.09. The largest absolute Gasteiger partial charge is 0.316 e. The molecule has 3 N–H and O–H groups in total. The zero-order valence-corrected chi connectivity index (χ0v) is 18.7. The van der Waals surface area contributed by atoms with E-state index in [9.17, 15) is 8.42 Å². The van der Waals surface area contributed by atoms with E-state index >= 15 is 0 Å². The lowest BCUT2D eigenvalue weighted by Crippen LogP contribution is -2.51. The molecule has 4 aromatic carbocycles. The highest BCUT2D eigenvalue weighted by molar-refractivity contribution is 7.89. The Balaban J connectivity index is 1.91. The maximum absolute atomic E-state index is 13.5. The van der Waals surface area contributed by atoms with Crippen molar-refractivity contribution >= 4 is 10.0 Å². The lowest BCUT2D eigenvalue weighted by Gasteiger charge is -2.39. The van der Waals surface area contributed by atoms with Crippen LogP contribution in [0.2, 0.25) is 0 Å². The standard InChI is InChI=1S/C27H26N2O2S/c1-21-17-19-25(20-18-21)32(30,31)29-26(22-11-5-2-6-12-22)27(28,23-13-7-3-8-14-23)24-15-9-4-10-16-24/h2-20,26,29H,28H2,1H3/t26-/m0/s1. The molecule has 4 rings (SSSR count). The molecular formula is C27H26N2O2S. The number of nitrogens with two attached hydrogens (primary N) is 1. The summed E-state index contributed by atoms with van der Waals surface area (Å²) in [4.78, 5) is 0.201. The lowest BCUT2D eigenvalue weighted by molar-refractivity contribution is 0.399. The molecule has 32 heavy (non-hydrogen) atoms. The molecule has 0 bridgehead atoms. The Hall–Kier alpha value is -3.25. The predicted molar refractivity (Wildman–Crippen MR) is 129 cm³/mol. The first-order chi connectivity index (χ1) is 15.4. The Kier molecular flexibility index (Phi) is 6.24. The van der Waals surface area contributed by atoms with Crippen molar-refractivity contribution in [1.82, 2.24) is 4.72 Å². The summed E-state index contributed by atoms with van der Waals surface area (Å²) < 4.78 is 29.9. The number of sulfonamides is 1. The molecule has 0 unspecified atom stereocenters. The van der Waals surface area contributed by atoms with E-state index < -0.39 is 21.6 Å². The Morgan fingerprint density at radius 1 is 0.688 bits per heavy atom. The topological polar surface area (TPSA) is 72.2 Å². The Labute approximate surface area is 189 Å². The molecule has 0 fully saturated rings. The van der Waals surface area contributed by atoms with Crippen LogP contribution in [-0.4, -0.2) is 8.42 Å². The average molecular weight is 443 g/mol. The minimum Gasteiger partial charge on any atom is -0.316 e. The number of nitrogens with one attached hydrogen (secondary N) is 1. The van der Waals surface area contributed by atoms with Crippen molar-refractivity contribution in [1.29, 1.82) is 0 Å². The summed E-state index contributed by atoms with van der Waals surface area (Å²) in [5.74, 6) is 0. The van der Waals surface area contributed by atoms with Crippen LogP contribution in [0, 0.1) is 6.92 Å². The van der Waals surface area contributed by atoms with E-state index in [1.807, 2.05) is 97.9 Å². The summed E-state index contributed by atoms with van der Waals surface area (Å²) in [5.41, 5.74) is 9.44. The first-order valence-electron chi connectivity index (χ1n) is 10.4. The number of rotatable bonds is 7. The zero-order chi connectivity index (χ0) is 22.6. The fourth-order valence-corrected chi connectivity index (χ4v) is 5.20. The minimum absolute atomic E-state index is 0.201. The lowest BCUT2D eigenvalue weighted by atomic mass is 9.75. The van der Waals surface area contributed by atoms with E-state index in [1.54, 1.807) is 24.3 Å². The van der Waals surface area contributed by atoms with Gasteiger partial charge in [0.25, 0.3) is 0 Å². The van der Waals surface area contributed by atoms with Gasteiger partial charge in [0, 0.05) is 0 Å². The molecule has 0 amide bonds. The van der Waals surface area contributed by atoms with Gasteiger partial charge in [0.1, 0.15) is 0 Å². The van der Waals surface area contributed by atoms with Crippen LogP contribution < -0.4 is 10.5 Å². The van der Waals surface area contributed by atoms with Gasteiger partial charge in [-0.2, -0.15) is 0 Å².